The van der Waals surface area contributed by atoms with E-state index in [1.807, 2.05) is 0 Å². The summed E-state index contributed by atoms with van der Waals surface area (Å²) in [6, 6.07) is -0.603. The third-order valence-corrected chi connectivity index (χ3v) is 1.95. The lowest BCUT2D eigenvalue weighted by atomic mass is 10.3. The van der Waals surface area contributed by atoms with Crippen LogP contribution in [0, 0.1) is 11.8 Å². The molecule has 0 saturated carbocycles. The van der Waals surface area contributed by atoms with Crippen LogP contribution in [0.2, 0.25) is 0 Å². The number of carbonyl (C=O) groups is 2. The first-order valence-electron chi connectivity index (χ1n) is 4.49. The normalized spacial score (nSPS) is 11.5. The van der Waals surface area contributed by atoms with E-state index in [9.17, 15) is 9.59 Å². The second kappa shape index (κ2) is 6.04. The molecule has 15 heavy (non-hydrogen) atoms. The summed E-state index contributed by atoms with van der Waals surface area (Å²) in [6.45, 7) is 1.82. The summed E-state index contributed by atoms with van der Waals surface area (Å²) in [4.78, 5) is 24.5. The van der Waals surface area contributed by atoms with E-state index in [4.69, 9.17) is 5.11 Å². The van der Waals surface area contributed by atoms with Crippen LogP contribution in [0.15, 0.2) is 0 Å². The molecule has 0 heterocycles. The molecule has 0 aliphatic carbocycles. The maximum absolute atomic E-state index is 11.0. The van der Waals surface area contributed by atoms with Gasteiger partial charge in [0.15, 0.2) is 0 Å². The zero-order valence-corrected chi connectivity index (χ0v) is 9.44. The molecule has 0 aliphatic heterocycles. The van der Waals surface area contributed by atoms with Gasteiger partial charge in [0, 0.05) is 14.1 Å². The van der Waals surface area contributed by atoms with Crippen LogP contribution < -0.4 is 0 Å². The van der Waals surface area contributed by atoms with Gasteiger partial charge < -0.3 is 10.0 Å². The molecule has 0 radical (unpaired) electrons. The quantitative estimate of drug-likeness (QED) is 0.640. The second-order valence-corrected chi connectivity index (χ2v) is 3.43. The van der Waals surface area contributed by atoms with Crippen molar-refractivity contribution in [1.29, 1.82) is 0 Å². The van der Waals surface area contributed by atoms with Gasteiger partial charge in [-0.3, -0.25) is 14.5 Å². The monoisotopic (exact) mass is 212 g/mol. The molecule has 0 aromatic rings. The summed E-state index contributed by atoms with van der Waals surface area (Å²) in [5.74, 6) is 3.84. The van der Waals surface area contributed by atoms with Crippen LogP contribution in [0.4, 0.5) is 0 Å². The first-order chi connectivity index (χ1) is 6.86. The van der Waals surface area contributed by atoms with Crippen molar-refractivity contribution in [3.63, 3.8) is 0 Å². The third kappa shape index (κ3) is 5.03. The van der Waals surface area contributed by atoms with Crippen molar-refractivity contribution >= 4 is 11.9 Å². The Balaban J connectivity index is 4.16. The molecule has 0 spiro atoms. The van der Waals surface area contributed by atoms with E-state index in [0.29, 0.717) is 0 Å². The lowest BCUT2D eigenvalue weighted by Crippen LogP contribution is -2.36. The number of nitrogens with zero attached hydrogens (tertiary/aromatic N) is 2. The minimum atomic E-state index is -0.904. The van der Waals surface area contributed by atoms with Crippen LogP contribution >= 0.6 is 0 Å². The Morgan fingerprint density at radius 1 is 1.33 bits per heavy atom. The highest BCUT2D eigenvalue weighted by Gasteiger charge is 2.15. The third-order valence-electron chi connectivity index (χ3n) is 1.95. The van der Waals surface area contributed by atoms with Crippen LogP contribution in [-0.4, -0.2) is 60.5 Å². The Kier molecular flexibility index (Phi) is 5.42. The number of rotatable bonds is 3. The Morgan fingerprint density at radius 2 is 1.87 bits per heavy atom. The fourth-order valence-electron chi connectivity index (χ4n) is 0.677. The largest absolute Gasteiger partial charge is 0.480 e. The SMILES string of the molecule is C[C@@H](C(=O)O)N(C)CC#CC(=O)N(C)C. The van der Waals surface area contributed by atoms with Gasteiger partial charge >= 0.3 is 5.97 Å². The average molecular weight is 212 g/mol. The smallest absolute Gasteiger partial charge is 0.320 e. The zero-order chi connectivity index (χ0) is 12.0. The Bertz CT molecular complexity index is 302. The topological polar surface area (TPSA) is 60.9 Å². The molecule has 1 N–H and O–H groups in total. The number of carbonyl (C=O) groups excluding carboxylic acids is 1. The highest BCUT2D eigenvalue weighted by Crippen LogP contribution is 1.93. The van der Waals surface area contributed by atoms with Gasteiger partial charge in [0.1, 0.15) is 6.04 Å². The van der Waals surface area contributed by atoms with Crippen molar-refractivity contribution in [2.24, 2.45) is 0 Å². The Labute approximate surface area is 89.7 Å². The average Bonchev–Trinajstić information content (AvgIpc) is 2.15. The van der Waals surface area contributed by atoms with Crippen molar-refractivity contribution < 1.29 is 14.7 Å². The van der Waals surface area contributed by atoms with E-state index in [0.717, 1.165) is 0 Å². The maximum atomic E-state index is 11.0. The molecular weight excluding hydrogens is 196 g/mol. The minimum absolute atomic E-state index is 0.257. The van der Waals surface area contributed by atoms with Crippen molar-refractivity contribution in [2.45, 2.75) is 13.0 Å². The number of aliphatic carboxylic acids is 1. The van der Waals surface area contributed by atoms with E-state index in [1.165, 1.54) is 4.90 Å². The van der Waals surface area contributed by atoms with Crippen LogP contribution in [0.5, 0.6) is 0 Å². The molecule has 0 rings (SSSR count). The van der Waals surface area contributed by atoms with Gasteiger partial charge in [-0.1, -0.05) is 5.92 Å². The van der Waals surface area contributed by atoms with Gasteiger partial charge in [0.05, 0.1) is 6.54 Å². The minimum Gasteiger partial charge on any atom is -0.480 e. The molecule has 5 heteroatoms. The molecule has 1 atom stereocenters. The fourth-order valence-corrected chi connectivity index (χ4v) is 0.677. The van der Waals surface area contributed by atoms with Crippen LogP contribution in [0.25, 0.3) is 0 Å². The Morgan fingerprint density at radius 3 is 2.27 bits per heavy atom. The molecule has 0 aromatic carbocycles. The van der Waals surface area contributed by atoms with Gasteiger partial charge in [-0.15, -0.1) is 0 Å². The molecule has 1 amide bonds. The summed E-state index contributed by atoms with van der Waals surface area (Å²) in [7, 11) is 4.87. The predicted octanol–water partition coefficient (Wildman–Crippen LogP) is -0.517. The highest BCUT2D eigenvalue weighted by atomic mass is 16.4. The molecule has 0 saturated heterocycles. The van der Waals surface area contributed by atoms with Crippen LogP contribution in [0.1, 0.15) is 6.92 Å². The molecule has 0 aliphatic rings. The molecule has 0 fully saturated rings. The van der Waals surface area contributed by atoms with E-state index < -0.39 is 12.0 Å². The summed E-state index contributed by atoms with van der Waals surface area (Å²) in [5, 5.41) is 8.68. The van der Waals surface area contributed by atoms with Crippen molar-refractivity contribution in [3.05, 3.63) is 0 Å². The second-order valence-electron chi connectivity index (χ2n) is 3.43. The Hall–Kier alpha value is -1.54. The van der Waals surface area contributed by atoms with Gasteiger partial charge in [0.2, 0.25) is 0 Å². The van der Waals surface area contributed by atoms with Crippen LogP contribution in [0.3, 0.4) is 0 Å². The van der Waals surface area contributed by atoms with E-state index in [1.54, 1.807) is 33.0 Å². The van der Waals surface area contributed by atoms with Gasteiger partial charge in [-0.2, -0.15) is 0 Å². The van der Waals surface area contributed by atoms with Crippen LogP contribution in [-0.2, 0) is 9.59 Å². The number of carboxylic acid groups (broad SMARTS) is 1. The zero-order valence-electron chi connectivity index (χ0n) is 9.44. The van der Waals surface area contributed by atoms with E-state index >= 15 is 0 Å². The van der Waals surface area contributed by atoms with E-state index in [2.05, 4.69) is 11.8 Å². The first kappa shape index (κ1) is 13.5. The first-order valence-corrected chi connectivity index (χ1v) is 4.49. The summed E-state index contributed by atoms with van der Waals surface area (Å²) in [6.07, 6.45) is 0. The highest BCUT2D eigenvalue weighted by molar-refractivity contribution is 5.93. The van der Waals surface area contributed by atoms with Crippen molar-refractivity contribution in [1.82, 2.24) is 9.80 Å². The lowest BCUT2D eigenvalue weighted by molar-refractivity contribution is -0.141. The van der Waals surface area contributed by atoms with E-state index in [-0.39, 0.29) is 12.5 Å². The van der Waals surface area contributed by atoms with Gasteiger partial charge in [0.25, 0.3) is 5.91 Å². The molecule has 0 aromatic heterocycles. The standard InChI is InChI=1S/C10H16N2O3/c1-8(10(14)15)12(4)7-5-6-9(13)11(2)3/h8H,7H2,1-4H3,(H,14,15)/t8-/m0/s1. The molecule has 0 bridgehead atoms. The molecule has 5 nitrogen and oxygen atoms in total. The van der Waals surface area contributed by atoms with Crippen molar-refractivity contribution in [2.75, 3.05) is 27.7 Å². The molecular formula is C10H16N2O3. The maximum Gasteiger partial charge on any atom is 0.320 e. The number of amides is 1. The van der Waals surface area contributed by atoms with Gasteiger partial charge in [-0.25, -0.2) is 0 Å². The fraction of sp³-hybridized carbons (Fsp3) is 0.600. The lowest BCUT2D eigenvalue weighted by Gasteiger charge is -2.17. The number of hydrogen-bond donors (Lipinski definition) is 1. The van der Waals surface area contributed by atoms with Crippen molar-refractivity contribution in [3.8, 4) is 11.8 Å². The number of likely N-dealkylation sites (N-methyl/N-ethyl adjacent to an activating group) is 1. The summed E-state index contributed by atoms with van der Waals surface area (Å²) in [5.41, 5.74) is 0. The summed E-state index contributed by atoms with van der Waals surface area (Å²) < 4.78 is 0. The molecule has 84 valence electrons. The summed E-state index contributed by atoms with van der Waals surface area (Å²) >= 11 is 0. The predicted molar refractivity (Wildman–Crippen MR) is 56.2 cm³/mol. The molecule has 0 unspecified atom stereocenters. The number of hydrogen-bond acceptors (Lipinski definition) is 3. The van der Waals surface area contributed by atoms with Gasteiger partial charge in [-0.05, 0) is 19.9 Å². The number of carboxylic acids is 1.